The normalized spacial score (nSPS) is 14.7. The molecule has 1 heterocycles. The summed E-state index contributed by atoms with van der Waals surface area (Å²) in [6, 6.07) is 11.0. The van der Waals surface area contributed by atoms with E-state index in [9.17, 15) is 22.4 Å². The third-order valence-corrected chi connectivity index (χ3v) is 6.89. The zero-order valence-electron chi connectivity index (χ0n) is 18.4. The maximum atomic E-state index is 13.8. The molecule has 0 spiro atoms. The van der Waals surface area contributed by atoms with Crippen molar-refractivity contribution in [2.45, 2.75) is 24.2 Å². The highest BCUT2D eigenvalue weighted by Gasteiger charge is 2.28. The van der Waals surface area contributed by atoms with Crippen molar-refractivity contribution in [3.05, 3.63) is 59.9 Å². The number of para-hydroxylation sites is 1. The fraction of sp³-hybridized carbons (Fsp3) is 0.391. The molecule has 33 heavy (non-hydrogen) atoms. The van der Waals surface area contributed by atoms with Crippen molar-refractivity contribution in [3.8, 4) is 0 Å². The summed E-state index contributed by atoms with van der Waals surface area (Å²) >= 11 is 0. The smallest absolute Gasteiger partial charge is 0.261 e. The van der Waals surface area contributed by atoms with Crippen LogP contribution in [0.25, 0.3) is 0 Å². The minimum Gasteiger partial charge on any atom is -0.385 e. The Bertz CT molecular complexity index is 1070. The van der Waals surface area contributed by atoms with E-state index in [1.54, 1.807) is 12.0 Å². The molecular formula is C23H28FN3O5S. The van der Waals surface area contributed by atoms with Gasteiger partial charge in [-0.2, -0.15) is 0 Å². The molecule has 1 fully saturated rings. The number of nitrogens with one attached hydrogen (secondary N) is 2. The molecule has 0 atom stereocenters. The average molecular weight is 478 g/mol. The van der Waals surface area contributed by atoms with Gasteiger partial charge in [-0.05, 0) is 55.7 Å². The molecular weight excluding hydrogens is 449 g/mol. The number of methoxy groups -OCH3 is 1. The number of amides is 2. The molecule has 2 aromatic rings. The van der Waals surface area contributed by atoms with E-state index in [1.165, 1.54) is 42.5 Å². The molecule has 1 saturated heterocycles. The van der Waals surface area contributed by atoms with Crippen LogP contribution in [0.4, 0.5) is 10.1 Å². The Labute approximate surface area is 193 Å². The van der Waals surface area contributed by atoms with Gasteiger partial charge in [-0.15, -0.1) is 0 Å². The number of sulfonamides is 1. The van der Waals surface area contributed by atoms with E-state index in [0.717, 1.165) is 12.5 Å². The molecule has 8 nitrogen and oxygen atoms in total. The Kier molecular flexibility index (Phi) is 8.40. The number of anilines is 1. The minimum absolute atomic E-state index is 0.00452. The molecule has 0 radical (unpaired) electrons. The standard InChI is InChI=1S/C23H28FN3O5S/c1-32-16-4-13-25-22(28)17-11-14-27(15-12-17)23(29)18-7-9-19(10-8-18)33(30,31)26-21-6-3-2-5-20(21)24/h2-3,5-10,17,26H,4,11-16H2,1H3,(H,25,28). The molecule has 1 aliphatic rings. The first-order valence-corrected chi connectivity index (χ1v) is 12.2. The number of rotatable bonds is 9. The van der Waals surface area contributed by atoms with E-state index in [0.29, 0.717) is 44.6 Å². The van der Waals surface area contributed by atoms with Gasteiger partial charge in [0.25, 0.3) is 15.9 Å². The molecule has 2 amide bonds. The second-order valence-electron chi connectivity index (χ2n) is 7.81. The summed E-state index contributed by atoms with van der Waals surface area (Å²) in [5.74, 6) is -1.04. The summed E-state index contributed by atoms with van der Waals surface area (Å²) in [6.45, 7) is 2.05. The van der Waals surface area contributed by atoms with Gasteiger partial charge in [-0.1, -0.05) is 12.1 Å². The Morgan fingerprint density at radius 1 is 1.09 bits per heavy atom. The molecule has 2 aromatic carbocycles. The van der Waals surface area contributed by atoms with Crippen LogP contribution in [-0.4, -0.2) is 58.5 Å². The SMILES string of the molecule is COCCCNC(=O)C1CCN(C(=O)c2ccc(S(=O)(=O)Nc3ccccc3F)cc2)CC1. The van der Waals surface area contributed by atoms with Crippen LogP contribution in [0, 0.1) is 11.7 Å². The van der Waals surface area contributed by atoms with Crippen molar-refractivity contribution in [3.63, 3.8) is 0 Å². The number of carbonyl (C=O) groups excluding carboxylic acids is 2. The van der Waals surface area contributed by atoms with Gasteiger partial charge in [0, 0.05) is 44.8 Å². The Morgan fingerprint density at radius 3 is 2.39 bits per heavy atom. The molecule has 178 valence electrons. The average Bonchev–Trinajstić information content (AvgIpc) is 2.83. The summed E-state index contributed by atoms with van der Waals surface area (Å²) in [5.41, 5.74) is 0.200. The Balaban J connectivity index is 1.55. The lowest BCUT2D eigenvalue weighted by molar-refractivity contribution is -0.126. The second-order valence-corrected chi connectivity index (χ2v) is 9.50. The fourth-order valence-electron chi connectivity index (χ4n) is 3.62. The number of halogens is 1. The summed E-state index contributed by atoms with van der Waals surface area (Å²) in [6.07, 6.45) is 1.89. The number of piperidine rings is 1. The number of likely N-dealkylation sites (tertiary alicyclic amines) is 1. The lowest BCUT2D eigenvalue weighted by Gasteiger charge is -2.31. The summed E-state index contributed by atoms with van der Waals surface area (Å²) in [7, 11) is -2.38. The summed E-state index contributed by atoms with van der Waals surface area (Å²) in [5, 5.41) is 2.90. The van der Waals surface area contributed by atoms with Gasteiger partial charge < -0.3 is 15.0 Å². The first-order chi connectivity index (χ1) is 15.8. The van der Waals surface area contributed by atoms with E-state index in [1.807, 2.05) is 0 Å². The second kappa shape index (κ2) is 11.2. The maximum absolute atomic E-state index is 13.8. The van der Waals surface area contributed by atoms with Gasteiger partial charge in [0.15, 0.2) is 0 Å². The van der Waals surface area contributed by atoms with Gasteiger partial charge >= 0.3 is 0 Å². The minimum atomic E-state index is -4.00. The topological polar surface area (TPSA) is 105 Å². The van der Waals surface area contributed by atoms with Crippen molar-refractivity contribution >= 4 is 27.5 Å². The quantitative estimate of drug-likeness (QED) is 0.541. The van der Waals surface area contributed by atoms with Crippen molar-refractivity contribution in [2.75, 3.05) is 38.1 Å². The monoisotopic (exact) mass is 477 g/mol. The summed E-state index contributed by atoms with van der Waals surface area (Å²) < 4.78 is 46.0. The third kappa shape index (κ3) is 6.52. The van der Waals surface area contributed by atoms with Gasteiger partial charge in [0.05, 0.1) is 10.6 Å². The van der Waals surface area contributed by atoms with Crippen LogP contribution < -0.4 is 10.0 Å². The van der Waals surface area contributed by atoms with E-state index >= 15 is 0 Å². The van der Waals surface area contributed by atoms with Crippen LogP contribution in [0.3, 0.4) is 0 Å². The Hall–Kier alpha value is -2.98. The summed E-state index contributed by atoms with van der Waals surface area (Å²) in [4.78, 5) is 26.6. The molecule has 0 aromatic heterocycles. The lowest BCUT2D eigenvalue weighted by Crippen LogP contribution is -2.43. The number of benzene rings is 2. The first kappa shape index (κ1) is 24.7. The maximum Gasteiger partial charge on any atom is 0.261 e. The zero-order chi connectivity index (χ0) is 23.8. The zero-order valence-corrected chi connectivity index (χ0v) is 19.2. The predicted octanol–water partition coefficient (Wildman–Crippen LogP) is 2.63. The van der Waals surface area contributed by atoms with Crippen molar-refractivity contribution in [1.82, 2.24) is 10.2 Å². The van der Waals surface area contributed by atoms with Gasteiger partial charge in [-0.25, -0.2) is 12.8 Å². The third-order valence-electron chi connectivity index (χ3n) is 5.51. The first-order valence-electron chi connectivity index (χ1n) is 10.7. The number of carbonyl (C=O) groups is 2. The van der Waals surface area contributed by atoms with E-state index in [2.05, 4.69) is 10.0 Å². The highest BCUT2D eigenvalue weighted by molar-refractivity contribution is 7.92. The molecule has 2 N–H and O–H groups in total. The van der Waals surface area contributed by atoms with Crippen LogP contribution in [0.15, 0.2) is 53.4 Å². The van der Waals surface area contributed by atoms with Crippen LogP contribution >= 0.6 is 0 Å². The van der Waals surface area contributed by atoms with Crippen molar-refractivity contribution < 1.29 is 27.1 Å². The molecule has 3 rings (SSSR count). The fourth-order valence-corrected chi connectivity index (χ4v) is 4.69. The van der Waals surface area contributed by atoms with E-state index in [4.69, 9.17) is 4.74 Å². The molecule has 0 unspecified atom stereocenters. The van der Waals surface area contributed by atoms with Crippen molar-refractivity contribution in [2.24, 2.45) is 5.92 Å². The number of ether oxygens (including phenoxy) is 1. The van der Waals surface area contributed by atoms with Gasteiger partial charge in [-0.3, -0.25) is 14.3 Å². The van der Waals surface area contributed by atoms with Crippen molar-refractivity contribution in [1.29, 1.82) is 0 Å². The highest BCUT2D eigenvalue weighted by atomic mass is 32.2. The largest absolute Gasteiger partial charge is 0.385 e. The van der Waals surface area contributed by atoms with Gasteiger partial charge in [0.2, 0.25) is 5.91 Å². The predicted molar refractivity (Wildman–Crippen MR) is 122 cm³/mol. The van der Waals surface area contributed by atoms with Crippen LogP contribution in [0.1, 0.15) is 29.6 Å². The van der Waals surface area contributed by atoms with E-state index < -0.39 is 15.8 Å². The van der Waals surface area contributed by atoms with E-state index in [-0.39, 0.29) is 28.3 Å². The number of hydrogen-bond donors (Lipinski definition) is 2. The lowest BCUT2D eigenvalue weighted by atomic mass is 9.95. The number of hydrogen-bond acceptors (Lipinski definition) is 5. The molecule has 0 aliphatic carbocycles. The number of nitrogens with zero attached hydrogens (tertiary/aromatic N) is 1. The van der Waals surface area contributed by atoms with Crippen LogP contribution in [-0.2, 0) is 19.6 Å². The van der Waals surface area contributed by atoms with Gasteiger partial charge in [0.1, 0.15) is 5.82 Å². The Morgan fingerprint density at radius 2 is 1.76 bits per heavy atom. The molecule has 10 heteroatoms. The van der Waals surface area contributed by atoms with Crippen LogP contribution in [0.2, 0.25) is 0 Å². The molecule has 0 bridgehead atoms. The molecule has 0 saturated carbocycles. The highest BCUT2D eigenvalue weighted by Crippen LogP contribution is 2.22. The molecule has 1 aliphatic heterocycles. The van der Waals surface area contributed by atoms with Crippen LogP contribution in [0.5, 0.6) is 0 Å².